The fourth-order valence-electron chi connectivity index (χ4n) is 2.40. The van der Waals surface area contributed by atoms with Crippen LogP contribution in [0.3, 0.4) is 0 Å². The molecule has 1 aromatic carbocycles. The van der Waals surface area contributed by atoms with E-state index in [1.54, 1.807) is 36.2 Å². The molecule has 3 N–H and O–H groups in total. The Balaban J connectivity index is 0.00000576. The number of nitrogens with two attached hydrogens (primary N) is 1. The molecule has 0 radical (unpaired) electrons. The fraction of sp³-hybridized carbons (Fsp3) is 0.556. The van der Waals surface area contributed by atoms with Gasteiger partial charge in [0.05, 0.1) is 10.6 Å². The average Bonchev–Trinajstić information content (AvgIpc) is 2.51. The van der Waals surface area contributed by atoms with E-state index in [0.29, 0.717) is 23.7 Å². The molecule has 1 atom stereocenters. The summed E-state index contributed by atoms with van der Waals surface area (Å²) in [6.45, 7) is 8.80. The second-order valence-electron chi connectivity index (χ2n) is 7.24. The first kappa shape index (κ1) is 23.7. The Labute approximate surface area is 161 Å². The molecule has 0 aliphatic rings. The van der Waals surface area contributed by atoms with Gasteiger partial charge in [0.1, 0.15) is 6.04 Å². The highest BCUT2D eigenvalue weighted by atomic mass is 35.5. The molecular weight excluding hydrogens is 361 g/mol. The van der Waals surface area contributed by atoms with E-state index in [1.807, 2.05) is 27.7 Å². The maximum absolute atomic E-state index is 12.8. The minimum Gasteiger partial charge on any atom is -0.343 e. The summed E-state index contributed by atoms with van der Waals surface area (Å²) in [5.41, 5.74) is 5.92. The van der Waals surface area contributed by atoms with Crippen molar-refractivity contribution in [2.75, 3.05) is 20.1 Å². The molecular formula is C18H29Cl2N3O2. The van der Waals surface area contributed by atoms with Crippen molar-refractivity contribution in [1.82, 2.24) is 10.2 Å². The van der Waals surface area contributed by atoms with Crippen molar-refractivity contribution in [3.63, 3.8) is 0 Å². The van der Waals surface area contributed by atoms with E-state index in [0.717, 1.165) is 0 Å². The minimum atomic E-state index is -0.618. The molecule has 5 nitrogen and oxygen atoms in total. The standard InChI is InChI=1S/C18H28ClN3O2.ClH/c1-12(2)15(17(24)22(5)11-18(3,4)10-20)21-16(23)13-8-6-7-9-14(13)19;/h6-9,12,15H,10-11,20H2,1-5H3,(H,21,23);1H. The van der Waals surface area contributed by atoms with Gasteiger partial charge in [-0.15, -0.1) is 12.4 Å². The zero-order chi connectivity index (χ0) is 18.5. The third-order valence-electron chi connectivity index (χ3n) is 3.93. The van der Waals surface area contributed by atoms with Gasteiger partial charge < -0.3 is 16.0 Å². The molecule has 0 saturated carbocycles. The Morgan fingerprint density at radius 2 is 1.84 bits per heavy atom. The molecule has 0 bridgehead atoms. The van der Waals surface area contributed by atoms with E-state index >= 15 is 0 Å². The van der Waals surface area contributed by atoms with Crippen LogP contribution in [-0.2, 0) is 4.79 Å². The van der Waals surface area contributed by atoms with Gasteiger partial charge in [-0.2, -0.15) is 0 Å². The van der Waals surface area contributed by atoms with Crippen molar-refractivity contribution in [3.05, 3.63) is 34.9 Å². The van der Waals surface area contributed by atoms with Crippen LogP contribution in [0.25, 0.3) is 0 Å². The van der Waals surface area contributed by atoms with Crippen molar-refractivity contribution in [1.29, 1.82) is 0 Å². The molecule has 7 heteroatoms. The van der Waals surface area contributed by atoms with Gasteiger partial charge in [0.15, 0.2) is 0 Å². The molecule has 2 amide bonds. The molecule has 0 aliphatic carbocycles. The van der Waals surface area contributed by atoms with Crippen LogP contribution in [0.1, 0.15) is 38.1 Å². The molecule has 0 aliphatic heterocycles. The predicted molar refractivity (Wildman–Crippen MR) is 105 cm³/mol. The van der Waals surface area contributed by atoms with Crippen LogP contribution in [0.15, 0.2) is 24.3 Å². The van der Waals surface area contributed by atoms with Crippen LogP contribution in [-0.4, -0.2) is 42.9 Å². The summed E-state index contributed by atoms with van der Waals surface area (Å²) < 4.78 is 0. The van der Waals surface area contributed by atoms with E-state index in [9.17, 15) is 9.59 Å². The van der Waals surface area contributed by atoms with Crippen molar-refractivity contribution in [2.24, 2.45) is 17.1 Å². The molecule has 0 saturated heterocycles. The van der Waals surface area contributed by atoms with Crippen LogP contribution >= 0.6 is 24.0 Å². The maximum Gasteiger partial charge on any atom is 0.253 e. The number of nitrogens with zero attached hydrogens (tertiary/aromatic N) is 1. The summed E-state index contributed by atoms with van der Waals surface area (Å²) >= 11 is 6.06. The number of nitrogens with one attached hydrogen (secondary N) is 1. The maximum atomic E-state index is 12.8. The van der Waals surface area contributed by atoms with Gasteiger partial charge in [-0.05, 0) is 30.0 Å². The molecule has 1 rings (SSSR count). The van der Waals surface area contributed by atoms with Crippen molar-refractivity contribution in [3.8, 4) is 0 Å². The van der Waals surface area contributed by atoms with E-state index in [2.05, 4.69) is 5.32 Å². The summed E-state index contributed by atoms with van der Waals surface area (Å²) in [4.78, 5) is 26.9. The summed E-state index contributed by atoms with van der Waals surface area (Å²) in [5, 5.41) is 3.18. The van der Waals surface area contributed by atoms with Crippen LogP contribution in [0.2, 0.25) is 5.02 Å². The molecule has 1 unspecified atom stereocenters. The number of amides is 2. The van der Waals surface area contributed by atoms with Crippen LogP contribution < -0.4 is 11.1 Å². The second-order valence-corrected chi connectivity index (χ2v) is 7.64. The Kier molecular flexibility index (Phi) is 9.48. The molecule has 142 valence electrons. The smallest absolute Gasteiger partial charge is 0.253 e. The normalized spacial score (nSPS) is 12.3. The molecule has 0 aromatic heterocycles. The third-order valence-corrected chi connectivity index (χ3v) is 4.26. The SMILES string of the molecule is CC(C)C(NC(=O)c1ccccc1Cl)C(=O)N(C)CC(C)(C)CN.Cl. The number of carbonyl (C=O) groups is 2. The van der Waals surface area contributed by atoms with Crippen molar-refractivity contribution >= 4 is 35.8 Å². The van der Waals surface area contributed by atoms with Gasteiger partial charge in [-0.25, -0.2) is 0 Å². The number of hydrogen-bond acceptors (Lipinski definition) is 3. The lowest BCUT2D eigenvalue weighted by Crippen LogP contribution is -2.52. The van der Waals surface area contributed by atoms with Gasteiger partial charge in [-0.1, -0.05) is 51.4 Å². The van der Waals surface area contributed by atoms with Gasteiger partial charge in [0, 0.05) is 13.6 Å². The van der Waals surface area contributed by atoms with Crippen LogP contribution in [0.5, 0.6) is 0 Å². The summed E-state index contributed by atoms with van der Waals surface area (Å²) in [7, 11) is 1.73. The van der Waals surface area contributed by atoms with E-state index < -0.39 is 6.04 Å². The lowest BCUT2D eigenvalue weighted by Gasteiger charge is -2.32. The minimum absolute atomic E-state index is 0. The average molecular weight is 390 g/mol. The second kappa shape index (κ2) is 10.00. The monoisotopic (exact) mass is 389 g/mol. The van der Waals surface area contributed by atoms with Crippen molar-refractivity contribution < 1.29 is 9.59 Å². The van der Waals surface area contributed by atoms with Crippen molar-refractivity contribution in [2.45, 2.75) is 33.7 Å². The number of carbonyl (C=O) groups excluding carboxylic acids is 2. The largest absolute Gasteiger partial charge is 0.343 e. The first-order valence-electron chi connectivity index (χ1n) is 8.09. The molecule has 0 spiro atoms. The summed E-state index contributed by atoms with van der Waals surface area (Å²) in [6.07, 6.45) is 0. The Hall–Kier alpha value is -1.30. The first-order chi connectivity index (χ1) is 11.1. The lowest BCUT2D eigenvalue weighted by molar-refractivity contribution is -0.134. The molecule has 1 aromatic rings. The highest BCUT2D eigenvalue weighted by molar-refractivity contribution is 6.33. The third kappa shape index (κ3) is 6.84. The van der Waals surface area contributed by atoms with Gasteiger partial charge in [0.25, 0.3) is 5.91 Å². The number of benzene rings is 1. The number of hydrogen-bond donors (Lipinski definition) is 2. The Bertz CT molecular complexity index is 591. The summed E-state index contributed by atoms with van der Waals surface area (Å²) in [5.74, 6) is -0.529. The van der Waals surface area contributed by atoms with Gasteiger partial charge >= 0.3 is 0 Å². The van der Waals surface area contributed by atoms with Gasteiger partial charge in [-0.3, -0.25) is 9.59 Å². The quantitative estimate of drug-likeness (QED) is 0.752. The Morgan fingerprint density at radius 3 is 2.32 bits per heavy atom. The molecule has 25 heavy (non-hydrogen) atoms. The van der Waals surface area contributed by atoms with E-state index in [-0.39, 0.29) is 35.6 Å². The number of halogens is 2. The first-order valence-corrected chi connectivity index (χ1v) is 8.47. The van der Waals surface area contributed by atoms with Crippen LogP contribution in [0.4, 0.5) is 0 Å². The number of likely N-dealkylation sites (N-methyl/N-ethyl adjacent to an activating group) is 1. The fourth-order valence-corrected chi connectivity index (χ4v) is 2.62. The zero-order valence-electron chi connectivity index (χ0n) is 15.5. The summed E-state index contributed by atoms with van der Waals surface area (Å²) in [6, 6.07) is 6.17. The molecule has 0 fully saturated rings. The Morgan fingerprint density at radius 1 is 1.28 bits per heavy atom. The topological polar surface area (TPSA) is 75.4 Å². The molecule has 0 heterocycles. The van der Waals surface area contributed by atoms with E-state index in [4.69, 9.17) is 17.3 Å². The number of rotatable bonds is 7. The lowest BCUT2D eigenvalue weighted by atomic mass is 9.92. The van der Waals surface area contributed by atoms with Crippen LogP contribution in [0, 0.1) is 11.3 Å². The highest BCUT2D eigenvalue weighted by Gasteiger charge is 2.30. The van der Waals surface area contributed by atoms with Gasteiger partial charge in [0.2, 0.25) is 5.91 Å². The van der Waals surface area contributed by atoms with E-state index in [1.165, 1.54) is 0 Å². The zero-order valence-corrected chi connectivity index (χ0v) is 17.1. The predicted octanol–water partition coefficient (Wildman–Crippen LogP) is 2.96. The highest BCUT2D eigenvalue weighted by Crippen LogP contribution is 2.18.